The molecular formula is C17H13BrO2. The van der Waals surface area contributed by atoms with Crippen molar-refractivity contribution in [2.24, 2.45) is 0 Å². The van der Waals surface area contributed by atoms with Crippen molar-refractivity contribution >= 4 is 22.2 Å². The Hall–Kier alpha value is -2.05. The van der Waals surface area contributed by atoms with E-state index in [0.29, 0.717) is 11.3 Å². The Bertz CT molecular complexity index is 667. The van der Waals surface area contributed by atoms with Crippen LogP contribution in [0.25, 0.3) is 0 Å². The molecule has 0 unspecified atom stereocenters. The molecule has 0 saturated heterocycles. The van der Waals surface area contributed by atoms with Crippen molar-refractivity contribution in [3.8, 4) is 17.6 Å². The zero-order chi connectivity index (χ0) is 14.4. The summed E-state index contributed by atoms with van der Waals surface area (Å²) in [5.41, 5.74) is 2.38. The second-order valence-electron chi connectivity index (χ2n) is 4.22. The summed E-state index contributed by atoms with van der Waals surface area (Å²) in [4.78, 5) is 11.0. The number of carbonyl (C=O) groups excluding carboxylic acids is 1. The summed E-state index contributed by atoms with van der Waals surface area (Å²) in [6.07, 6.45) is 0.789. The fourth-order valence-corrected chi connectivity index (χ4v) is 2.40. The molecule has 0 atom stereocenters. The molecule has 2 nitrogen and oxygen atoms in total. The molecule has 0 aliphatic heterocycles. The molecule has 0 fully saturated rings. The average Bonchev–Trinajstić information content (AvgIpc) is 2.45. The molecule has 0 aliphatic carbocycles. The Morgan fingerprint density at radius 3 is 2.70 bits per heavy atom. The van der Waals surface area contributed by atoms with E-state index in [0.717, 1.165) is 21.9 Å². The van der Waals surface area contributed by atoms with Crippen molar-refractivity contribution in [1.82, 2.24) is 0 Å². The third kappa shape index (κ3) is 3.72. The number of hydrogen-bond donors (Lipinski definition) is 0. The predicted molar refractivity (Wildman–Crippen MR) is 83.1 cm³/mol. The topological polar surface area (TPSA) is 26.3 Å². The normalized spacial score (nSPS) is 9.50. The van der Waals surface area contributed by atoms with Crippen molar-refractivity contribution in [1.29, 1.82) is 0 Å². The van der Waals surface area contributed by atoms with Gasteiger partial charge in [0.2, 0.25) is 0 Å². The molecular weight excluding hydrogens is 316 g/mol. The van der Waals surface area contributed by atoms with Crippen molar-refractivity contribution in [2.75, 3.05) is 6.61 Å². The fraction of sp³-hybridized carbons (Fsp3) is 0.118. The van der Waals surface area contributed by atoms with Crippen LogP contribution in [-0.4, -0.2) is 12.9 Å². The third-order valence-electron chi connectivity index (χ3n) is 2.69. The molecule has 0 radical (unpaired) electrons. The van der Waals surface area contributed by atoms with Crippen molar-refractivity contribution < 1.29 is 9.53 Å². The Labute approximate surface area is 126 Å². The van der Waals surface area contributed by atoms with Crippen LogP contribution in [0, 0.1) is 18.8 Å². The molecule has 0 heterocycles. The minimum absolute atomic E-state index is 0.248. The lowest BCUT2D eigenvalue weighted by Crippen LogP contribution is -2.00. The van der Waals surface area contributed by atoms with Crippen LogP contribution in [0.4, 0.5) is 0 Å². The Kier molecular flexibility index (Phi) is 4.97. The number of aryl methyl sites for hydroxylation is 1. The van der Waals surface area contributed by atoms with E-state index in [4.69, 9.17) is 4.74 Å². The maximum atomic E-state index is 11.0. The molecule has 20 heavy (non-hydrogen) atoms. The van der Waals surface area contributed by atoms with E-state index < -0.39 is 0 Å². The molecule has 0 spiro atoms. The first kappa shape index (κ1) is 14.4. The second kappa shape index (κ2) is 6.93. The first-order chi connectivity index (χ1) is 9.70. The van der Waals surface area contributed by atoms with Gasteiger partial charge in [0.05, 0.1) is 5.56 Å². The zero-order valence-corrected chi connectivity index (χ0v) is 12.6. The van der Waals surface area contributed by atoms with Crippen molar-refractivity contribution in [2.45, 2.75) is 6.92 Å². The first-order valence-corrected chi connectivity index (χ1v) is 6.92. The summed E-state index contributed by atoms with van der Waals surface area (Å²) in [6.45, 7) is 2.15. The summed E-state index contributed by atoms with van der Waals surface area (Å²) < 4.78 is 6.47. The van der Waals surface area contributed by atoms with Gasteiger partial charge >= 0.3 is 0 Å². The number of carbonyl (C=O) groups is 1. The van der Waals surface area contributed by atoms with Crippen LogP contribution in [0.3, 0.4) is 0 Å². The highest BCUT2D eigenvalue weighted by atomic mass is 79.9. The highest BCUT2D eigenvalue weighted by molar-refractivity contribution is 9.10. The van der Waals surface area contributed by atoms with Crippen LogP contribution in [0.15, 0.2) is 46.9 Å². The predicted octanol–water partition coefficient (Wildman–Crippen LogP) is 4.00. The second-order valence-corrected chi connectivity index (χ2v) is 5.13. The van der Waals surface area contributed by atoms with E-state index >= 15 is 0 Å². The van der Waals surface area contributed by atoms with E-state index in [9.17, 15) is 4.79 Å². The highest BCUT2D eigenvalue weighted by Crippen LogP contribution is 2.26. The lowest BCUT2D eigenvalue weighted by Gasteiger charge is -2.09. The summed E-state index contributed by atoms with van der Waals surface area (Å²) >= 11 is 3.36. The van der Waals surface area contributed by atoms with Crippen molar-refractivity contribution in [3.05, 3.63) is 63.6 Å². The number of halogens is 1. The summed E-state index contributed by atoms with van der Waals surface area (Å²) in [5, 5.41) is 0. The summed E-state index contributed by atoms with van der Waals surface area (Å²) in [7, 11) is 0. The van der Waals surface area contributed by atoms with Crippen LogP contribution < -0.4 is 4.74 Å². The number of aldehydes is 1. The molecule has 0 aromatic heterocycles. The van der Waals surface area contributed by atoms with Gasteiger partial charge in [-0.2, -0.15) is 0 Å². The van der Waals surface area contributed by atoms with Gasteiger partial charge in [0, 0.05) is 10.0 Å². The van der Waals surface area contributed by atoms with Crippen LogP contribution in [-0.2, 0) is 0 Å². The maximum absolute atomic E-state index is 11.0. The largest absolute Gasteiger partial charge is 0.480 e. The summed E-state index contributed by atoms with van der Waals surface area (Å²) in [6, 6.07) is 13.3. The van der Waals surface area contributed by atoms with E-state index in [1.54, 1.807) is 6.07 Å². The highest BCUT2D eigenvalue weighted by Gasteiger charge is 2.07. The van der Waals surface area contributed by atoms with Gasteiger partial charge in [0.1, 0.15) is 12.4 Å². The fourth-order valence-electron chi connectivity index (χ4n) is 1.81. The molecule has 0 N–H and O–H groups in total. The Morgan fingerprint density at radius 2 is 2.00 bits per heavy atom. The van der Waals surface area contributed by atoms with Gasteiger partial charge < -0.3 is 4.74 Å². The third-order valence-corrected chi connectivity index (χ3v) is 3.15. The zero-order valence-electron chi connectivity index (χ0n) is 11.0. The minimum atomic E-state index is 0.248. The Balaban J connectivity index is 2.09. The number of rotatable bonds is 3. The van der Waals surface area contributed by atoms with Gasteiger partial charge in [-0.3, -0.25) is 4.79 Å². The van der Waals surface area contributed by atoms with E-state index in [1.807, 2.05) is 43.3 Å². The van der Waals surface area contributed by atoms with Gasteiger partial charge in [0.15, 0.2) is 6.29 Å². The quantitative estimate of drug-likeness (QED) is 0.628. The molecule has 3 heteroatoms. The van der Waals surface area contributed by atoms with Gasteiger partial charge in [-0.1, -0.05) is 46.0 Å². The van der Waals surface area contributed by atoms with Gasteiger partial charge in [0.25, 0.3) is 0 Å². The number of hydrogen-bond acceptors (Lipinski definition) is 2. The maximum Gasteiger partial charge on any atom is 0.153 e. The van der Waals surface area contributed by atoms with E-state index in [1.165, 1.54) is 0 Å². The Morgan fingerprint density at radius 1 is 1.25 bits per heavy atom. The standard InChI is InChI=1S/C17H13BrO2/c1-13-10-16(18)11-15(12-19)17(13)20-9-5-8-14-6-3-2-4-7-14/h2-4,6-7,10-12H,9H2,1H3. The SMILES string of the molecule is Cc1cc(Br)cc(C=O)c1OCC#Cc1ccccc1. The van der Waals surface area contributed by atoms with Crippen LogP contribution in [0.5, 0.6) is 5.75 Å². The smallest absolute Gasteiger partial charge is 0.153 e. The molecule has 2 aromatic rings. The average molecular weight is 329 g/mol. The molecule has 100 valence electrons. The molecule has 0 saturated carbocycles. The molecule has 2 rings (SSSR count). The van der Waals surface area contributed by atoms with Crippen LogP contribution >= 0.6 is 15.9 Å². The number of benzene rings is 2. The van der Waals surface area contributed by atoms with Crippen LogP contribution in [0.2, 0.25) is 0 Å². The molecule has 2 aromatic carbocycles. The van der Waals surface area contributed by atoms with E-state index in [-0.39, 0.29) is 6.61 Å². The van der Waals surface area contributed by atoms with Gasteiger partial charge in [-0.05, 0) is 36.8 Å². The molecule has 0 amide bonds. The van der Waals surface area contributed by atoms with Crippen molar-refractivity contribution in [3.63, 3.8) is 0 Å². The van der Waals surface area contributed by atoms with E-state index in [2.05, 4.69) is 27.8 Å². The van der Waals surface area contributed by atoms with Gasteiger partial charge in [-0.25, -0.2) is 0 Å². The molecule has 0 bridgehead atoms. The summed E-state index contributed by atoms with van der Waals surface area (Å²) in [5.74, 6) is 6.54. The lowest BCUT2D eigenvalue weighted by molar-refractivity contribution is 0.112. The lowest BCUT2D eigenvalue weighted by atomic mass is 10.1. The first-order valence-electron chi connectivity index (χ1n) is 6.13. The molecule has 0 aliphatic rings. The monoisotopic (exact) mass is 328 g/mol. The van der Waals surface area contributed by atoms with Crippen LogP contribution in [0.1, 0.15) is 21.5 Å². The number of ether oxygens (including phenoxy) is 1. The van der Waals surface area contributed by atoms with Gasteiger partial charge in [-0.15, -0.1) is 0 Å². The minimum Gasteiger partial charge on any atom is -0.480 e.